The van der Waals surface area contributed by atoms with Gasteiger partial charge in [-0.2, -0.15) is 15.4 Å². The van der Waals surface area contributed by atoms with Gasteiger partial charge < -0.3 is 10.1 Å². The lowest BCUT2D eigenvalue weighted by atomic mass is 10.1. The van der Waals surface area contributed by atoms with Gasteiger partial charge in [0.05, 0.1) is 11.9 Å². The Balaban J connectivity index is 1.97. The van der Waals surface area contributed by atoms with E-state index in [2.05, 4.69) is 20.7 Å². The first-order valence-corrected chi connectivity index (χ1v) is 6.29. The van der Waals surface area contributed by atoms with E-state index in [1.807, 2.05) is 20.8 Å². The van der Waals surface area contributed by atoms with Crippen molar-refractivity contribution in [2.45, 2.75) is 52.1 Å². The lowest BCUT2D eigenvalue weighted by Gasteiger charge is -2.19. The number of nitrogens with zero attached hydrogens (tertiary/aromatic N) is 2. The molecular formula is C12H22N4O2. The molecule has 0 fully saturated rings. The van der Waals surface area contributed by atoms with Gasteiger partial charge in [0, 0.05) is 6.54 Å². The predicted octanol–water partition coefficient (Wildman–Crippen LogP) is 2.04. The molecule has 18 heavy (non-hydrogen) atoms. The average Bonchev–Trinajstić information content (AvgIpc) is 2.73. The van der Waals surface area contributed by atoms with Crippen LogP contribution in [0, 0.1) is 0 Å². The maximum absolute atomic E-state index is 11.3. The lowest BCUT2D eigenvalue weighted by Crippen LogP contribution is -2.32. The summed E-state index contributed by atoms with van der Waals surface area (Å²) in [6, 6.07) is 0. The number of nitrogens with one attached hydrogen (secondary N) is 2. The van der Waals surface area contributed by atoms with E-state index in [0.717, 1.165) is 31.4 Å². The van der Waals surface area contributed by atoms with Crippen LogP contribution in [0.4, 0.5) is 4.79 Å². The lowest BCUT2D eigenvalue weighted by molar-refractivity contribution is 0.0527. The molecule has 0 aliphatic heterocycles. The summed E-state index contributed by atoms with van der Waals surface area (Å²) in [6.07, 6.45) is 5.34. The zero-order valence-corrected chi connectivity index (χ0v) is 11.3. The second-order valence-corrected chi connectivity index (χ2v) is 5.20. The molecule has 0 saturated carbocycles. The third kappa shape index (κ3) is 6.88. The number of carbonyl (C=O) groups excluding carboxylic acids is 1. The molecule has 0 unspecified atom stereocenters. The first kappa shape index (κ1) is 14.5. The van der Waals surface area contributed by atoms with Crippen LogP contribution < -0.4 is 5.32 Å². The van der Waals surface area contributed by atoms with E-state index >= 15 is 0 Å². The van der Waals surface area contributed by atoms with Crippen LogP contribution in [0.15, 0.2) is 6.20 Å². The van der Waals surface area contributed by atoms with Gasteiger partial charge in [-0.1, -0.05) is 6.42 Å². The van der Waals surface area contributed by atoms with Crippen molar-refractivity contribution in [2.24, 2.45) is 0 Å². The highest BCUT2D eigenvalue weighted by Gasteiger charge is 2.15. The Hall–Kier alpha value is -1.59. The van der Waals surface area contributed by atoms with Gasteiger partial charge in [0.2, 0.25) is 0 Å². The maximum atomic E-state index is 11.3. The van der Waals surface area contributed by atoms with E-state index in [1.165, 1.54) is 0 Å². The summed E-state index contributed by atoms with van der Waals surface area (Å²) in [5.74, 6) is 0. The topological polar surface area (TPSA) is 79.9 Å². The van der Waals surface area contributed by atoms with Crippen LogP contribution >= 0.6 is 0 Å². The Bertz CT molecular complexity index is 343. The first-order valence-electron chi connectivity index (χ1n) is 6.29. The van der Waals surface area contributed by atoms with E-state index < -0.39 is 5.60 Å². The van der Waals surface area contributed by atoms with Crippen molar-refractivity contribution in [3.63, 3.8) is 0 Å². The van der Waals surface area contributed by atoms with E-state index in [1.54, 1.807) is 6.20 Å². The van der Waals surface area contributed by atoms with Gasteiger partial charge in [-0.05, 0) is 40.0 Å². The highest BCUT2D eigenvalue weighted by atomic mass is 16.6. The Morgan fingerprint density at radius 3 is 2.78 bits per heavy atom. The van der Waals surface area contributed by atoms with Crippen LogP contribution in [0.25, 0.3) is 0 Å². The van der Waals surface area contributed by atoms with E-state index in [0.29, 0.717) is 6.54 Å². The molecule has 1 aromatic heterocycles. The van der Waals surface area contributed by atoms with Gasteiger partial charge in [-0.25, -0.2) is 4.79 Å². The number of hydrogen-bond acceptors (Lipinski definition) is 4. The Kier molecular flexibility index (Phi) is 5.61. The summed E-state index contributed by atoms with van der Waals surface area (Å²) in [5, 5.41) is 13.0. The van der Waals surface area contributed by atoms with Gasteiger partial charge in [0.25, 0.3) is 0 Å². The van der Waals surface area contributed by atoms with Crippen LogP contribution in [-0.4, -0.2) is 33.6 Å². The predicted molar refractivity (Wildman–Crippen MR) is 68.2 cm³/mol. The highest BCUT2D eigenvalue weighted by molar-refractivity contribution is 5.67. The van der Waals surface area contributed by atoms with Crippen LogP contribution in [0.1, 0.15) is 45.7 Å². The summed E-state index contributed by atoms with van der Waals surface area (Å²) in [7, 11) is 0. The number of carbonyl (C=O) groups is 1. The molecule has 0 spiro atoms. The number of aryl methyl sites for hydroxylation is 1. The molecule has 6 heteroatoms. The zero-order chi connectivity index (χ0) is 13.4. The molecule has 1 amide bonds. The van der Waals surface area contributed by atoms with Crippen molar-refractivity contribution < 1.29 is 9.53 Å². The summed E-state index contributed by atoms with van der Waals surface area (Å²) >= 11 is 0. The molecule has 1 heterocycles. The van der Waals surface area contributed by atoms with Crippen molar-refractivity contribution in [1.29, 1.82) is 0 Å². The number of hydrogen-bond donors (Lipinski definition) is 2. The van der Waals surface area contributed by atoms with Crippen LogP contribution in [0.5, 0.6) is 0 Å². The third-order valence-corrected chi connectivity index (χ3v) is 2.24. The number of H-pyrrole nitrogens is 1. The molecule has 0 aromatic carbocycles. The monoisotopic (exact) mass is 254 g/mol. The summed E-state index contributed by atoms with van der Waals surface area (Å²) in [5.41, 5.74) is 0.548. The zero-order valence-electron chi connectivity index (χ0n) is 11.3. The summed E-state index contributed by atoms with van der Waals surface area (Å²) < 4.78 is 5.13. The molecule has 0 bridgehead atoms. The fourth-order valence-electron chi connectivity index (χ4n) is 1.46. The van der Waals surface area contributed by atoms with Gasteiger partial charge in [0.15, 0.2) is 0 Å². The minimum atomic E-state index is -0.433. The fraction of sp³-hybridized carbons (Fsp3) is 0.750. The van der Waals surface area contributed by atoms with E-state index in [9.17, 15) is 4.79 Å². The number of ether oxygens (including phenoxy) is 1. The summed E-state index contributed by atoms with van der Waals surface area (Å²) in [6.45, 7) is 6.20. The standard InChI is InChI=1S/C12H22N4O2/c1-12(2,3)18-11(17)13-8-6-4-5-7-10-9-14-16-15-10/h9H,4-8H2,1-3H3,(H,13,17)(H,14,15,16). The van der Waals surface area contributed by atoms with E-state index in [-0.39, 0.29) is 6.09 Å². The molecule has 0 saturated heterocycles. The van der Waals surface area contributed by atoms with Crippen molar-refractivity contribution in [3.05, 3.63) is 11.9 Å². The molecule has 2 N–H and O–H groups in total. The average molecular weight is 254 g/mol. The fourth-order valence-corrected chi connectivity index (χ4v) is 1.46. The normalized spacial score (nSPS) is 11.3. The van der Waals surface area contributed by atoms with Gasteiger partial charge in [-0.15, -0.1) is 0 Å². The minimum Gasteiger partial charge on any atom is -0.444 e. The molecule has 1 aromatic rings. The molecule has 1 rings (SSSR count). The number of unbranched alkanes of at least 4 members (excludes halogenated alkanes) is 2. The van der Waals surface area contributed by atoms with Crippen molar-refractivity contribution >= 4 is 6.09 Å². The molecule has 0 radical (unpaired) electrons. The van der Waals surface area contributed by atoms with Gasteiger partial charge in [0.1, 0.15) is 5.60 Å². The van der Waals surface area contributed by atoms with Crippen molar-refractivity contribution in [1.82, 2.24) is 20.7 Å². The Labute approximate surface area is 107 Å². The molecule has 6 nitrogen and oxygen atoms in total. The largest absolute Gasteiger partial charge is 0.444 e. The third-order valence-electron chi connectivity index (χ3n) is 2.24. The highest BCUT2D eigenvalue weighted by Crippen LogP contribution is 2.06. The van der Waals surface area contributed by atoms with Crippen molar-refractivity contribution in [3.8, 4) is 0 Å². The Morgan fingerprint density at radius 2 is 2.17 bits per heavy atom. The Morgan fingerprint density at radius 1 is 1.39 bits per heavy atom. The maximum Gasteiger partial charge on any atom is 0.407 e. The number of alkyl carbamates (subject to hydrolysis) is 1. The number of rotatable bonds is 6. The number of amides is 1. The summed E-state index contributed by atoms with van der Waals surface area (Å²) in [4.78, 5) is 11.3. The number of aromatic amines is 1. The quantitative estimate of drug-likeness (QED) is 0.761. The second-order valence-electron chi connectivity index (χ2n) is 5.20. The molecular weight excluding hydrogens is 232 g/mol. The van der Waals surface area contributed by atoms with Gasteiger partial charge in [-0.3, -0.25) is 0 Å². The molecule has 0 atom stereocenters. The van der Waals surface area contributed by atoms with E-state index in [4.69, 9.17) is 4.74 Å². The molecule has 102 valence electrons. The van der Waals surface area contributed by atoms with Crippen molar-refractivity contribution in [2.75, 3.05) is 6.54 Å². The molecule has 0 aliphatic rings. The second kappa shape index (κ2) is 6.98. The van der Waals surface area contributed by atoms with Crippen LogP contribution in [-0.2, 0) is 11.2 Å². The minimum absolute atomic E-state index is 0.348. The van der Waals surface area contributed by atoms with Gasteiger partial charge >= 0.3 is 6.09 Å². The SMILES string of the molecule is CC(C)(C)OC(=O)NCCCCCc1cn[nH]n1. The first-order chi connectivity index (χ1) is 8.47. The smallest absolute Gasteiger partial charge is 0.407 e. The van der Waals surface area contributed by atoms with Crippen LogP contribution in [0.3, 0.4) is 0 Å². The number of aromatic nitrogens is 3. The molecule has 0 aliphatic carbocycles. The van der Waals surface area contributed by atoms with Crippen LogP contribution in [0.2, 0.25) is 0 Å².